The lowest BCUT2D eigenvalue weighted by Gasteiger charge is -2.32. The van der Waals surface area contributed by atoms with E-state index in [2.05, 4.69) is 11.2 Å². The first-order valence-electron chi connectivity index (χ1n) is 10.5. The Morgan fingerprint density at radius 2 is 1.90 bits per heavy atom. The molecule has 1 unspecified atom stereocenters. The van der Waals surface area contributed by atoms with Crippen LogP contribution in [0.1, 0.15) is 65.0 Å². The van der Waals surface area contributed by atoms with Crippen molar-refractivity contribution in [2.75, 3.05) is 26.8 Å². The van der Waals surface area contributed by atoms with Crippen LogP contribution in [0.25, 0.3) is 0 Å². The summed E-state index contributed by atoms with van der Waals surface area (Å²) in [5.41, 5.74) is 2.90. The normalized spacial score (nSPS) is 19.6. The lowest BCUT2D eigenvalue weighted by Crippen LogP contribution is -2.40. The van der Waals surface area contributed by atoms with Gasteiger partial charge in [-0.15, -0.1) is 0 Å². The van der Waals surface area contributed by atoms with Gasteiger partial charge in [0.25, 0.3) is 5.91 Å². The SMILES string of the molecule is COCCn1nc(C2CCCN(C(=O)c3cc(C)cc(C)c3)C2)n(C2CC2)c1=O. The molecule has 1 atom stereocenters. The van der Waals surface area contributed by atoms with Crippen LogP contribution in [0.4, 0.5) is 0 Å². The molecule has 2 fully saturated rings. The number of carbonyl (C=O) groups excluding carboxylic acids is 1. The monoisotopic (exact) mass is 398 g/mol. The van der Waals surface area contributed by atoms with Crippen molar-refractivity contribution in [3.63, 3.8) is 0 Å². The minimum Gasteiger partial charge on any atom is -0.383 e. The number of nitrogens with zero attached hydrogens (tertiary/aromatic N) is 4. The minimum atomic E-state index is -0.0442. The standard InChI is InChI=1S/C22H30N4O3/c1-15-11-16(2)13-18(12-15)21(27)24-8-4-5-17(14-24)20-23-25(9-10-29-3)22(28)26(20)19-6-7-19/h11-13,17,19H,4-10,14H2,1-3H3. The molecule has 4 rings (SSSR count). The highest BCUT2D eigenvalue weighted by molar-refractivity contribution is 5.94. The minimum absolute atomic E-state index is 0.0442. The molecular weight excluding hydrogens is 368 g/mol. The van der Waals surface area contributed by atoms with Crippen LogP contribution < -0.4 is 5.69 Å². The lowest BCUT2D eigenvalue weighted by atomic mass is 9.96. The number of amides is 1. The van der Waals surface area contributed by atoms with Gasteiger partial charge in [-0.1, -0.05) is 17.2 Å². The number of likely N-dealkylation sites (tertiary alicyclic amines) is 1. The number of hydrogen-bond acceptors (Lipinski definition) is 4. The summed E-state index contributed by atoms with van der Waals surface area (Å²) in [6.45, 7) is 6.32. The lowest BCUT2D eigenvalue weighted by molar-refractivity contribution is 0.0702. The molecule has 1 aromatic heterocycles. The summed E-state index contributed by atoms with van der Waals surface area (Å²) < 4.78 is 8.54. The molecule has 1 aliphatic carbocycles. The maximum atomic E-state index is 13.1. The Morgan fingerprint density at radius 3 is 2.55 bits per heavy atom. The second-order valence-electron chi connectivity index (χ2n) is 8.42. The molecule has 7 nitrogen and oxygen atoms in total. The van der Waals surface area contributed by atoms with Gasteiger partial charge < -0.3 is 9.64 Å². The fraction of sp³-hybridized carbons (Fsp3) is 0.591. The molecule has 2 heterocycles. The molecule has 0 N–H and O–H groups in total. The van der Waals surface area contributed by atoms with E-state index in [-0.39, 0.29) is 23.6 Å². The van der Waals surface area contributed by atoms with Gasteiger partial charge in [0.15, 0.2) is 0 Å². The topological polar surface area (TPSA) is 69.4 Å². The molecule has 2 aromatic rings. The maximum Gasteiger partial charge on any atom is 0.346 e. The molecule has 1 saturated carbocycles. The molecule has 0 bridgehead atoms. The predicted octanol–water partition coefficient (Wildman–Crippen LogP) is 2.66. The second-order valence-corrected chi connectivity index (χ2v) is 8.42. The second kappa shape index (κ2) is 8.14. The van der Waals surface area contributed by atoms with E-state index in [9.17, 15) is 9.59 Å². The highest BCUT2D eigenvalue weighted by Gasteiger charge is 2.35. The van der Waals surface area contributed by atoms with E-state index in [1.54, 1.807) is 7.11 Å². The van der Waals surface area contributed by atoms with Crippen molar-refractivity contribution in [3.05, 3.63) is 51.2 Å². The molecule has 0 spiro atoms. The summed E-state index contributed by atoms with van der Waals surface area (Å²) in [6, 6.07) is 6.26. The van der Waals surface area contributed by atoms with Gasteiger partial charge in [-0.2, -0.15) is 5.10 Å². The largest absolute Gasteiger partial charge is 0.383 e. The molecule has 0 radical (unpaired) electrons. The van der Waals surface area contributed by atoms with Gasteiger partial charge in [0.2, 0.25) is 0 Å². The summed E-state index contributed by atoms with van der Waals surface area (Å²) in [6.07, 6.45) is 3.93. The summed E-state index contributed by atoms with van der Waals surface area (Å²) in [7, 11) is 1.63. The fourth-order valence-electron chi connectivity index (χ4n) is 4.37. The predicted molar refractivity (Wildman–Crippen MR) is 110 cm³/mol. The summed E-state index contributed by atoms with van der Waals surface area (Å²) in [5, 5.41) is 4.68. The van der Waals surface area contributed by atoms with Crippen LogP contribution in [0, 0.1) is 13.8 Å². The van der Waals surface area contributed by atoms with Crippen molar-refractivity contribution in [2.24, 2.45) is 0 Å². The molecule has 1 saturated heterocycles. The van der Waals surface area contributed by atoms with Crippen LogP contribution in [-0.4, -0.2) is 52.0 Å². The Kier molecular flexibility index (Phi) is 5.58. The summed E-state index contributed by atoms with van der Waals surface area (Å²) in [5.74, 6) is 1.00. The summed E-state index contributed by atoms with van der Waals surface area (Å²) >= 11 is 0. The van der Waals surface area contributed by atoms with Crippen LogP contribution >= 0.6 is 0 Å². The molecule has 1 aromatic carbocycles. The Labute approximate surface area is 171 Å². The van der Waals surface area contributed by atoms with Gasteiger partial charge in [-0.3, -0.25) is 9.36 Å². The van der Waals surface area contributed by atoms with E-state index in [0.717, 1.165) is 54.7 Å². The van der Waals surface area contributed by atoms with Crippen molar-refractivity contribution < 1.29 is 9.53 Å². The summed E-state index contributed by atoms with van der Waals surface area (Å²) in [4.78, 5) is 27.9. The molecule has 7 heteroatoms. The van der Waals surface area contributed by atoms with Crippen molar-refractivity contribution in [3.8, 4) is 0 Å². The van der Waals surface area contributed by atoms with E-state index in [1.165, 1.54) is 4.68 Å². The van der Waals surface area contributed by atoms with Gasteiger partial charge in [0, 0.05) is 37.7 Å². The Balaban J connectivity index is 1.58. The van der Waals surface area contributed by atoms with E-state index in [1.807, 2.05) is 35.4 Å². The van der Waals surface area contributed by atoms with E-state index in [0.29, 0.717) is 19.7 Å². The number of aryl methyl sites for hydroxylation is 2. The van der Waals surface area contributed by atoms with Crippen molar-refractivity contribution in [1.29, 1.82) is 0 Å². The van der Waals surface area contributed by atoms with Gasteiger partial charge in [-0.25, -0.2) is 9.48 Å². The van der Waals surface area contributed by atoms with Crippen LogP contribution in [0.5, 0.6) is 0 Å². The van der Waals surface area contributed by atoms with E-state index >= 15 is 0 Å². The number of benzene rings is 1. The quantitative estimate of drug-likeness (QED) is 0.750. The third kappa shape index (κ3) is 4.15. The van der Waals surface area contributed by atoms with Crippen LogP contribution in [-0.2, 0) is 11.3 Å². The van der Waals surface area contributed by atoms with Crippen molar-refractivity contribution in [1.82, 2.24) is 19.2 Å². The smallest absolute Gasteiger partial charge is 0.346 e. The number of carbonyl (C=O) groups is 1. The van der Waals surface area contributed by atoms with Crippen LogP contribution in [0.3, 0.4) is 0 Å². The third-order valence-electron chi connectivity index (χ3n) is 5.86. The number of ether oxygens (including phenoxy) is 1. The van der Waals surface area contributed by atoms with Crippen LogP contribution in [0.2, 0.25) is 0 Å². The van der Waals surface area contributed by atoms with Crippen LogP contribution in [0.15, 0.2) is 23.0 Å². The van der Waals surface area contributed by atoms with Gasteiger partial charge in [0.1, 0.15) is 5.82 Å². The first-order chi connectivity index (χ1) is 14.0. The van der Waals surface area contributed by atoms with Gasteiger partial charge in [0.05, 0.1) is 13.2 Å². The molecule has 29 heavy (non-hydrogen) atoms. The molecular formula is C22H30N4O3. The van der Waals surface area contributed by atoms with E-state index in [4.69, 9.17) is 4.74 Å². The number of rotatable bonds is 6. The molecule has 1 amide bonds. The zero-order valence-electron chi connectivity index (χ0n) is 17.6. The fourth-order valence-corrected chi connectivity index (χ4v) is 4.37. The number of piperidine rings is 1. The van der Waals surface area contributed by atoms with Crippen molar-refractivity contribution in [2.45, 2.75) is 58.0 Å². The average molecular weight is 399 g/mol. The zero-order chi connectivity index (χ0) is 20.5. The highest BCUT2D eigenvalue weighted by Crippen LogP contribution is 2.37. The first-order valence-corrected chi connectivity index (χ1v) is 10.5. The molecule has 156 valence electrons. The molecule has 2 aliphatic rings. The number of aromatic nitrogens is 3. The average Bonchev–Trinajstić information content (AvgIpc) is 3.48. The van der Waals surface area contributed by atoms with Gasteiger partial charge >= 0.3 is 5.69 Å². The zero-order valence-corrected chi connectivity index (χ0v) is 17.6. The third-order valence-corrected chi connectivity index (χ3v) is 5.86. The first kappa shape index (κ1) is 19.9. The number of hydrogen-bond donors (Lipinski definition) is 0. The highest BCUT2D eigenvalue weighted by atomic mass is 16.5. The number of methoxy groups -OCH3 is 1. The van der Waals surface area contributed by atoms with Crippen molar-refractivity contribution >= 4 is 5.91 Å². The Bertz CT molecular complexity index is 937. The van der Waals surface area contributed by atoms with E-state index < -0.39 is 0 Å². The van der Waals surface area contributed by atoms with Gasteiger partial charge in [-0.05, 0) is 51.7 Å². The maximum absolute atomic E-state index is 13.1. The Hall–Kier alpha value is -2.41. The Morgan fingerprint density at radius 1 is 1.17 bits per heavy atom. The molecule has 1 aliphatic heterocycles.